The normalized spacial score (nSPS) is 22.0. The maximum Gasteiger partial charge on any atom is 0.434 e. The summed E-state index contributed by atoms with van der Waals surface area (Å²) in [5, 5.41) is 7.92. The summed E-state index contributed by atoms with van der Waals surface area (Å²) in [6.07, 6.45) is 0.194. The van der Waals surface area contributed by atoms with Crippen LogP contribution >= 0.6 is 35.3 Å². The summed E-state index contributed by atoms with van der Waals surface area (Å²) in [7, 11) is 0. The highest BCUT2D eigenvalue weighted by Crippen LogP contribution is 2.30. The van der Waals surface area contributed by atoms with Gasteiger partial charge < -0.3 is 10.6 Å². The van der Waals surface area contributed by atoms with Gasteiger partial charge in [0, 0.05) is 18.0 Å². The van der Waals surface area contributed by atoms with E-state index in [1.165, 1.54) is 12.8 Å². The second-order valence-electron chi connectivity index (χ2n) is 5.92. The van der Waals surface area contributed by atoms with Crippen LogP contribution in [-0.4, -0.2) is 23.5 Å². The number of nitrogens with zero attached hydrogens (tertiary/aromatic N) is 2. The lowest BCUT2D eigenvalue weighted by Crippen LogP contribution is -2.44. The molecular weight excluding hydrogens is 452 g/mol. The Morgan fingerprint density at radius 1 is 1.33 bits per heavy atom. The first-order valence-corrected chi connectivity index (χ1v) is 8.83. The predicted molar refractivity (Wildman–Crippen MR) is 102 cm³/mol. The smallest absolute Gasteiger partial charge is 0.357 e. The summed E-state index contributed by atoms with van der Waals surface area (Å²) in [5.41, 5.74) is -0.841. The number of hydrogen-bond acceptors (Lipinski definition) is 3. The lowest BCUT2D eigenvalue weighted by molar-refractivity contribution is -0.140. The molecule has 138 valence electrons. The molecule has 2 N–H and O–H groups in total. The molecule has 2 rings (SSSR count). The van der Waals surface area contributed by atoms with E-state index in [2.05, 4.69) is 27.5 Å². The van der Waals surface area contributed by atoms with E-state index in [-0.39, 0.29) is 30.5 Å². The minimum atomic E-state index is -4.39. The van der Waals surface area contributed by atoms with Gasteiger partial charge in [-0.05, 0) is 38.5 Å². The Hall–Kier alpha value is -0.580. The average Bonchev–Trinajstić information content (AvgIpc) is 2.96. The number of aliphatic imine (C=N–C) groups is 1. The molecule has 1 fully saturated rings. The fourth-order valence-corrected chi connectivity index (χ4v) is 3.30. The van der Waals surface area contributed by atoms with Gasteiger partial charge in [0.15, 0.2) is 11.7 Å². The van der Waals surface area contributed by atoms with Crippen molar-refractivity contribution in [1.29, 1.82) is 0 Å². The molecule has 4 nitrogen and oxygen atoms in total. The van der Waals surface area contributed by atoms with E-state index in [9.17, 15) is 13.2 Å². The molecule has 24 heavy (non-hydrogen) atoms. The van der Waals surface area contributed by atoms with E-state index in [1.807, 2.05) is 6.92 Å². The van der Waals surface area contributed by atoms with Crippen molar-refractivity contribution in [3.05, 3.63) is 16.1 Å². The van der Waals surface area contributed by atoms with E-state index < -0.39 is 11.9 Å². The van der Waals surface area contributed by atoms with Crippen molar-refractivity contribution in [3.8, 4) is 0 Å². The fourth-order valence-electron chi connectivity index (χ4n) is 2.58. The van der Waals surface area contributed by atoms with Gasteiger partial charge in [-0.2, -0.15) is 13.2 Å². The van der Waals surface area contributed by atoms with Crippen molar-refractivity contribution in [2.75, 3.05) is 6.54 Å². The zero-order valence-corrected chi connectivity index (χ0v) is 17.0. The fraction of sp³-hybridized carbons (Fsp3) is 0.733. The van der Waals surface area contributed by atoms with E-state index in [1.54, 1.807) is 0 Å². The van der Waals surface area contributed by atoms with Crippen LogP contribution < -0.4 is 10.6 Å². The molecule has 0 bridgehead atoms. The molecule has 1 aliphatic rings. The van der Waals surface area contributed by atoms with E-state index in [0.717, 1.165) is 35.5 Å². The van der Waals surface area contributed by atoms with Crippen LogP contribution in [-0.2, 0) is 12.7 Å². The van der Waals surface area contributed by atoms with Crippen LogP contribution in [0, 0.1) is 5.92 Å². The maximum atomic E-state index is 12.5. The molecule has 0 spiro atoms. The van der Waals surface area contributed by atoms with E-state index in [4.69, 9.17) is 0 Å². The van der Waals surface area contributed by atoms with Gasteiger partial charge in [-0.25, -0.2) is 9.98 Å². The average molecular weight is 476 g/mol. The number of thiazole rings is 1. The SMILES string of the molecule is CCNC(=NCc1nc(C(F)(F)F)cs1)NC1CCC(C)CC1.I. The van der Waals surface area contributed by atoms with Crippen LogP contribution in [0.4, 0.5) is 13.2 Å². The molecule has 9 heteroatoms. The number of nitrogens with one attached hydrogen (secondary N) is 2. The highest BCUT2D eigenvalue weighted by molar-refractivity contribution is 14.0. The first-order valence-electron chi connectivity index (χ1n) is 7.95. The van der Waals surface area contributed by atoms with E-state index >= 15 is 0 Å². The van der Waals surface area contributed by atoms with Gasteiger partial charge in [-0.3, -0.25) is 0 Å². The maximum absolute atomic E-state index is 12.5. The van der Waals surface area contributed by atoms with E-state index in [0.29, 0.717) is 23.6 Å². The topological polar surface area (TPSA) is 49.3 Å². The Morgan fingerprint density at radius 3 is 2.54 bits per heavy atom. The predicted octanol–water partition coefficient (Wildman–Crippen LogP) is 4.41. The highest BCUT2D eigenvalue weighted by Gasteiger charge is 2.33. The Balaban J connectivity index is 0.00000288. The van der Waals surface area contributed by atoms with Crippen molar-refractivity contribution in [3.63, 3.8) is 0 Å². The molecule has 0 amide bonds. The zero-order valence-electron chi connectivity index (χ0n) is 13.8. The molecule has 1 saturated carbocycles. The molecular formula is C15H24F3IN4S. The lowest BCUT2D eigenvalue weighted by Gasteiger charge is -2.28. The van der Waals surface area contributed by atoms with Crippen molar-refractivity contribution >= 4 is 41.3 Å². The van der Waals surface area contributed by atoms with Crippen LogP contribution in [0.15, 0.2) is 10.4 Å². The summed E-state index contributed by atoms with van der Waals surface area (Å²) in [6, 6.07) is 0.381. The van der Waals surface area contributed by atoms with Crippen molar-refractivity contribution in [1.82, 2.24) is 15.6 Å². The summed E-state index contributed by atoms with van der Waals surface area (Å²) in [4.78, 5) is 7.97. The number of rotatable bonds is 4. The van der Waals surface area contributed by atoms with Gasteiger partial charge in [0.1, 0.15) is 5.01 Å². The van der Waals surface area contributed by atoms with Gasteiger partial charge in [0.2, 0.25) is 0 Å². The Bertz CT molecular complexity index is 525. The first kappa shape index (κ1) is 21.5. The van der Waals surface area contributed by atoms with Gasteiger partial charge in [-0.1, -0.05) is 6.92 Å². The van der Waals surface area contributed by atoms with Crippen LogP contribution in [0.5, 0.6) is 0 Å². The molecule has 0 radical (unpaired) electrons. The van der Waals surface area contributed by atoms with Crippen molar-refractivity contribution < 1.29 is 13.2 Å². The standard InChI is InChI=1S/C15H23F3N4S.HI/c1-3-19-14(21-11-6-4-10(2)5-7-11)20-8-13-22-12(9-23-13)15(16,17)18;/h9-11H,3-8H2,1-2H3,(H2,19,20,21);1H. The number of aromatic nitrogens is 1. The molecule has 0 aromatic carbocycles. The third-order valence-electron chi connectivity index (χ3n) is 3.92. The van der Waals surface area contributed by atoms with Gasteiger partial charge in [0.05, 0.1) is 6.54 Å². The second-order valence-corrected chi connectivity index (χ2v) is 6.86. The summed E-state index contributed by atoms with van der Waals surface area (Å²) in [6.45, 7) is 5.08. The number of halogens is 4. The minimum absolute atomic E-state index is 0. The molecule has 1 aromatic heterocycles. The third kappa shape index (κ3) is 6.73. The lowest BCUT2D eigenvalue weighted by atomic mass is 9.87. The van der Waals surface area contributed by atoms with Gasteiger partial charge in [-0.15, -0.1) is 35.3 Å². The monoisotopic (exact) mass is 476 g/mol. The third-order valence-corrected chi connectivity index (χ3v) is 4.75. The minimum Gasteiger partial charge on any atom is -0.357 e. The van der Waals surface area contributed by atoms with Crippen molar-refractivity contribution in [2.24, 2.45) is 10.9 Å². The quantitative estimate of drug-likeness (QED) is 0.385. The highest BCUT2D eigenvalue weighted by atomic mass is 127. The molecule has 0 atom stereocenters. The molecule has 1 aromatic rings. The summed E-state index contributed by atoms with van der Waals surface area (Å²) >= 11 is 0.989. The first-order chi connectivity index (χ1) is 10.9. The molecule has 0 unspecified atom stereocenters. The second kappa shape index (κ2) is 9.79. The van der Waals surface area contributed by atoms with Crippen LogP contribution in [0.25, 0.3) is 0 Å². The van der Waals surface area contributed by atoms with Crippen LogP contribution in [0.1, 0.15) is 50.2 Å². The van der Waals surface area contributed by atoms with Crippen LogP contribution in [0.3, 0.4) is 0 Å². The van der Waals surface area contributed by atoms with Gasteiger partial charge in [0.25, 0.3) is 0 Å². The molecule has 1 heterocycles. The number of alkyl halides is 3. The Labute approximate surface area is 161 Å². The Kier molecular flexibility index (Phi) is 8.75. The van der Waals surface area contributed by atoms with Crippen LogP contribution in [0.2, 0.25) is 0 Å². The Morgan fingerprint density at radius 2 is 2.00 bits per heavy atom. The summed E-state index contributed by atoms with van der Waals surface area (Å²) in [5.74, 6) is 1.42. The number of hydrogen-bond donors (Lipinski definition) is 2. The molecule has 1 aliphatic carbocycles. The largest absolute Gasteiger partial charge is 0.434 e. The molecule has 0 aliphatic heterocycles. The molecule has 0 saturated heterocycles. The van der Waals surface area contributed by atoms with Gasteiger partial charge >= 0.3 is 6.18 Å². The number of guanidine groups is 1. The van der Waals surface area contributed by atoms with Crippen molar-refractivity contribution in [2.45, 2.75) is 58.3 Å². The summed E-state index contributed by atoms with van der Waals surface area (Å²) < 4.78 is 37.6. The zero-order chi connectivity index (χ0) is 16.9.